The number of carbonyl (C=O) groups is 2. The summed E-state index contributed by atoms with van der Waals surface area (Å²) in [5.74, 6) is -0.689. The molecule has 0 spiro atoms. The van der Waals surface area contributed by atoms with Crippen molar-refractivity contribution in [2.24, 2.45) is 0 Å². The summed E-state index contributed by atoms with van der Waals surface area (Å²) in [5, 5.41) is 15.9. The number of nitro groups is 1. The number of anilines is 2. The Morgan fingerprint density at radius 3 is 2.36 bits per heavy atom. The lowest BCUT2D eigenvalue weighted by Gasteiger charge is -2.26. The van der Waals surface area contributed by atoms with Crippen LogP contribution in [-0.2, 0) is 11.0 Å². The number of non-ortho nitro benzene ring substituents is 1. The molecule has 1 heterocycles. The van der Waals surface area contributed by atoms with E-state index in [-0.39, 0.29) is 22.8 Å². The third-order valence-electron chi connectivity index (χ3n) is 4.77. The number of nitro benzene ring substituents is 1. The van der Waals surface area contributed by atoms with E-state index in [0.717, 1.165) is 22.6 Å². The summed E-state index contributed by atoms with van der Waals surface area (Å²) < 4.78 is 44.2. The minimum absolute atomic E-state index is 0.0450. The van der Waals surface area contributed by atoms with Crippen LogP contribution in [0, 0.1) is 10.1 Å². The number of amides is 3. The molecule has 1 atom stereocenters. The maximum absolute atomic E-state index is 13.1. The van der Waals surface area contributed by atoms with Crippen LogP contribution in [0.5, 0.6) is 5.75 Å². The highest BCUT2D eigenvalue weighted by molar-refractivity contribution is 7.78. The van der Waals surface area contributed by atoms with Crippen LogP contribution in [0.15, 0.2) is 66.9 Å². The minimum atomic E-state index is -4.65. The van der Waals surface area contributed by atoms with Crippen LogP contribution in [-0.4, -0.2) is 33.3 Å². The number of pyridine rings is 1. The van der Waals surface area contributed by atoms with Crippen LogP contribution in [0.1, 0.15) is 17.3 Å². The molecule has 0 fully saturated rings. The van der Waals surface area contributed by atoms with Crippen molar-refractivity contribution in [1.29, 1.82) is 0 Å². The van der Waals surface area contributed by atoms with Gasteiger partial charge in [-0.3, -0.25) is 19.2 Å². The standard InChI is InChI=1S/C22H18F3N5O5S/c1-35-17-9-8-15(30(33)34)11-16(17)28-21(32)29(36)19(13-5-3-2-4-6-13)20(31)27-14-7-10-18(26-12-14)22(23,24)25/h2-12,19,36H,1H3,(H,27,31)(H,28,32). The van der Waals surface area contributed by atoms with E-state index in [1.165, 1.54) is 19.2 Å². The lowest BCUT2D eigenvalue weighted by atomic mass is 10.1. The van der Waals surface area contributed by atoms with Gasteiger partial charge in [-0.25, -0.2) is 9.78 Å². The molecule has 0 bridgehead atoms. The predicted octanol–water partition coefficient (Wildman–Crippen LogP) is 5.08. The van der Waals surface area contributed by atoms with Gasteiger partial charge in [0.05, 0.1) is 29.6 Å². The SMILES string of the molecule is COc1ccc([N+](=O)[O-])cc1NC(=O)N(S)C(C(=O)Nc1ccc(C(F)(F)F)nc1)c1ccccc1. The second kappa shape index (κ2) is 10.9. The molecule has 2 aromatic carbocycles. The number of rotatable bonds is 7. The molecular formula is C22H18F3N5O5S. The number of halogens is 3. The average Bonchev–Trinajstić information content (AvgIpc) is 2.84. The summed E-state index contributed by atoms with van der Waals surface area (Å²) in [6.07, 6.45) is -3.82. The second-order valence-electron chi connectivity index (χ2n) is 7.15. The smallest absolute Gasteiger partial charge is 0.433 e. The Morgan fingerprint density at radius 2 is 1.81 bits per heavy atom. The Labute approximate surface area is 207 Å². The fraction of sp³-hybridized carbons (Fsp3) is 0.136. The molecule has 0 aliphatic rings. The van der Waals surface area contributed by atoms with Gasteiger partial charge < -0.3 is 15.4 Å². The number of nitrogens with zero attached hydrogens (tertiary/aromatic N) is 3. The lowest BCUT2D eigenvalue weighted by Crippen LogP contribution is -2.38. The Bertz CT molecular complexity index is 1260. The molecule has 3 aromatic rings. The summed E-state index contributed by atoms with van der Waals surface area (Å²) >= 11 is 4.17. The second-order valence-corrected chi connectivity index (χ2v) is 7.58. The van der Waals surface area contributed by atoms with Gasteiger partial charge in [-0.1, -0.05) is 43.1 Å². The number of hydrogen-bond acceptors (Lipinski definition) is 7. The number of nitrogens with one attached hydrogen (secondary N) is 2. The molecule has 36 heavy (non-hydrogen) atoms. The molecule has 188 valence electrons. The maximum atomic E-state index is 13.1. The van der Waals surface area contributed by atoms with Crippen molar-refractivity contribution >= 4 is 41.8 Å². The van der Waals surface area contributed by atoms with Crippen LogP contribution < -0.4 is 15.4 Å². The molecule has 1 unspecified atom stereocenters. The van der Waals surface area contributed by atoms with Gasteiger partial charge in [-0.15, -0.1) is 0 Å². The zero-order valence-electron chi connectivity index (χ0n) is 18.4. The average molecular weight is 521 g/mol. The largest absolute Gasteiger partial charge is 0.495 e. The van der Waals surface area contributed by atoms with Crippen LogP contribution in [0.4, 0.5) is 35.0 Å². The molecule has 1 aromatic heterocycles. The predicted molar refractivity (Wildman–Crippen MR) is 127 cm³/mol. The van der Waals surface area contributed by atoms with Crippen molar-refractivity contribution in [3.63, 3.8) is 0 Å². The highest BCUT2D eigenvalue weighted by Crippen LogP contribution is 2.32. The highest BCUT2D eigenvalue weighted by atomic mass is 32.1. The van der Waals surface area contributed by atoms with Gasteiger partial charge in [0, 0.05) is 12.1 Å². The van der Waals surface area contributed by atoms with E-state index in [4.69, 9.17) is 4.74 Å². The van der Waals surface area contributed by atoms with Gasteiger partial charge in [-0.05, 0) is 23.8 Å². The summed E-state index contributed by atoms with van der Waals surface area (Å²) in [6.45, 7) is 0. The van der Waals surface area contributed by atoms with Crippen molar-refractivity contribution in [3.05, 3.63) is 88.2 Å². The van der Waals surface area contributed by atoms with Crippen molar-refractivity contribution < 1.29 is 32.4 Å². The van der Waals surface area contributed by atoms with Crippen molar-refractivity contribution in [2.45, 2.75) is 12.2 Å². The molecule has 0 saturated heterocycles. The number of alkyl halides is 3. The Kier molecular flexibility index (Phi) is 7.99. The minimum Gasteiger partial charge on any atom is -0.495 e. The summed E-state index contributed by atoms with van der Waals surface area (Å²) in [5.41, 5.74) is -1.22. The Balaban J connectivity index is 1.87. The number of thiol groups is 1. The first-order valence-electron chi connectivity index (χ1n) is 10.0. The van der Waals surface area contributed by atoms with Gasteiger partial charge in [0.2, 0.25) is 0 Å². The van der Waals surface area contributed by atoms with E-state index in [9.17, 15) is 32.9 Å². The van der Waals surface area contributed by atoms with E-state index >= 15 is 0 Å². The van der Waals surface area contributed by atoms with Crippen molar-refractivity contribution in [3.8, 4) is 5.75 Å². The molecule has 2 N–H and O–H groups in total. The summed E-state index contributed by atoms with van der Waals surface area (Å²) in [6, 6.07) is 10.9. The summed E-state index contributed by atoms with van der Waals surface area (Å²) in [4.78, 5) is 39.8. The number of aromatic nitrogens is 1. The van der Waals surface area contributed by atoms with Crippen molar-refractivity contribution in [1.82, 2.24) is 9.29 Å². The first kappa shape index (κ1) is 26.3. The highest BCUT2D eigenvalue weighted by Gasteiger charge is 2.33. The van der Waals surface area contributed by atoms with E-state index in [2.05, 4.69) is 28.4 Å². The first-order chi connectivity index (χ1) is 17.0. The van der Waals surface area contributed by atoms with Gasteiger partial charge in [0.15, 0.2) is 0 Å². The van der Waals surface area contributed by atoms with Crippen LogP contribution in [0.2, 0.25) is 0 Å². The lowest BCUT2D eigenvalue weighted by molar-refractivity contribution is -0.384. The number of methoxy groups -OCH3 is 1. The fourth-order valence-corrected chi connectivity index (χ4v) is 3.37. The summed E-state index contributed by atoms with van der Waals surface area (Å²) in [7, 11) is 1.30. The quantitative estimate of drug-likeness (QED) is 0.226. The zero-order valence-corrected chi connectivity index (χ0v) is 19.3. The fourth-order valence-electron chi connectivity index (χ4n) is 3.08. The Morgan fingerprint density at radius 1 is 1.11 bits per heavy atom. The van der Waals surface area contributed by atoms with E-state index < -0.39 is 34.8 Å². The van der Waals surface area contributed by atoms with E-state index in [1.807, 2.05) is 0 Å². The molecule has 10 nitrogen and oxygen atoms in total. The number of carbonyl (C=O) groups excluding carboxylic acids is 2. The number of hydrogen-bond donors (Lipinski definition) is 3. The first-order valence-corrected chi connectivity index (χ1v) is 10.4. The number of urea groups is 1. The number of ether oxygens (including phenoxy) is 1. The molecule has 14 heteroatoms. The van der Waals surface area contributed by atoms with Crippen molar-refractivity contribution in [2.75, 3.05) is 17.7 Å². The zero-order chi connectivity index (χ0) is 26.5. The topological polar surface area (TPSA) is 127 Å². The monoisotopic (exact) mass is 521 g/mol. The Hall–Kier alpha value is -4.33. The molecular weight excluding hydrogens is 503 g/mol. The maximum Gasteiger partial charge on any atom is 0.433 e. The van der Waals surface area contributed by atoms with Gasteiger partial charge in [0.1, 0.15) is 17.5 Å². The van der Waals surface area contributed by atoms with Crippen LogP contribution >= 0.6 is 12.8 Å². The van der Waals surface area contributed by atoms with Gasteiger partial charge in [-0.2, -0.15) is 13.2 Å². The van der Waals surface area contributed by atoms with Crippen LogP contribution in [0.25, 0.3) is 0 Å². The van der Waals surface area contributed by atoms with E-state index in [1.54, 1.807) is 30.3 Å². The normalized spacial score (nSPS) is 11.8. The molecule has 3 rings (SSSR count). The molecule has 0 radical (unpaired) electrons. The molecule has 0 saturated carbocycles. The third-order valence-corrected chi connectivity index (χ3v) is 5.19. The van der Waals surface area contributed by atoms with Gasteiger partial charge in [0.25, 0.3) is 11.6 Å². The van der Waals surface area contributed by atoms with Gasteiger partial charge >= 0.3 is 12.2 Å². The molecule has 0 aliphatic carbocycles. The van der Waals surface area contributed by atoms with Crippen LogP contribution in [0.3, 0.4) is 0 Å². The third kappa shape index (κ3) is 6.21. The molecule has 0 aliphatic heterocycles. The number of benzene rings is 2. The van der Waals surface area contributed by atoms with E-state index in [0.29, 0.717) is 11.6 Å². The molecule has 3 amide bonds.